The lowest BCUT2D eigenvalue weighted by molar-refractivity contribution is 0.0555. The van der Waals surface area contributed by atoms with Crippen molar-refractivity contribution in [2.24, 2.45) is 0 Å². The third-order valence-corrected chi connectivity index (χ3v) is 5.92. The van der Waals surface area contributed by atoms with Crippen LogP contribution < -0.4 is 0 Å². The Hall–Kier alpha value is -3.52. The van der Waals surface area contributed by atoms with Gasteiger partial charge in [-0.25, -0.2) is 0 Å². The fourth-order valence-electron chi connectivity index (χ4n) is 3.96. The zero-order valence-electron chi connectivity index (χ0n) is 17.6. The van der Waals surface area contributed by atoms with Gasteiger partial charge < -0.3 is 9.32 Å². The van der Waals surface area contributed by atoms with Crippen LogP contribution in [-0.4, -0.2) is 62.3 Å². The van der Waals surface area contributed by atoms with Crippen LogP contribution in [0.5, 0.6) is 0 Å². The standard InChI is InChI=1S/C23H24N6O2/c1-15-7-9-17(10-8-15)22-27-26-21(31-22)16(2)28-11-13-29(14-12-28)23(30)20-18-5-3-4-6-19(18)24-25-20/h3-10,16H,11-14H2,1-2H3,(H,24,25). The molecule has 0 aliphatic carbocycles. The number of piperazine rings is 1. The number of carbonyl (C=O) groups excluding carboxylic acids is 1. The van der Waals surface area contributed by atoms with E-state index in [1.54, 1.807) is 0 Å². The summed E-state index contributed by atoms with van der Waals surface area (Å²) in [5.74, 6) is 1.08. The van der Waals surface area contributed by atoms with Crippen molar-refractivity contribution in [3.63, 3.8) is 0 Å². The van der Waals surface area contributed by atoms with Crippen molar-refractivity contribution in [2.45, 2.75) is 19.9 Å². The summed E-state index contributed by atoms with van der Waals surface area (Å²) >= 11 is 0. The van der Waals surface area contributed by atoms with Crippen molar-refractivity contribution < 1.29 is 9.21 Å². The third kappa shape index (κ3) is 3.70. The first-order valence-corrected chi connectivity index (χ1v) is 10.5. The molecular formula is C23H24N6O2. The van der Waals surface area contributed by atoms with Crippen LogP contribution in [0.15, 0.2) is 52.9 Å². The Labute approximate surface area is 179 Å². The lowest BCUT2D eigenvalue weighted by Gasteiger charge is -2.36. The minimum absolute atomic E-state index is 0.0184. The van der Waals surface area contributed by atoms with Gasteiger partial charge in [-0.05, 0) is 32.0 Å². The molecule has 0 saturated carbocycles. The molecule has 1 N–H and O–H groups in total. The minimum Gasteiger partial charge on any atom is -0.419 e. The number of carbonyl (C=O) groups is 1. The number of H-pyrrole nitrogens is 1. The molecule has 1 aliphatic rings. The minimum atomic E-state index is -0.0378. The van der Waals surface area contributed by atoms with E-state index >= 15 is 0 Å². The topological polar surface area (TPSA) is 91.2 Å². The molecule has 1 saturated heterocycles. The lowest BCUT2D eigenvalue weighted by Crippen LogP contribution is -2.49. The van der Waals surface area contributed by atoms with Gasteiger partial charge in [-0.3, -0.25) is 14.8 Å². The second kappa shape index (κ2) is 7.96. The van der Waals surface area contributed by atoms with Gasteiger partial charge in [0.1, 0.15) is 0 Å². The number of para-hydroxylation sites is 1. The molecule has 1 aliphatic heterocycles. The summed E-state index contributed by atoms with van der Waals surface area (Å²) in [7, 11) is 0. The molecule has 2 aromatic carbocycles. The number of rotatable bonds is 4. The Morgan fingerprint density at radius 2 is 1.77 bits per heavy atom. The Bertz CT molecular complexity index is 1200. The second-order valence-corrected chi connectivity index (χ2v) is 7.93. The maximum atomic E-state index is 13.0. The van der Waals surface area contributed by atoms with Gasteiger partial charge >= 0.3 is 0 Å². The number of nitrogens with zero attached hydrogens (tertiary/aromatic N) is 5. The van der Waals surface area contributed by atoms with Gasteiger partial charge in [0, 0.05) is 37.1 Å². The van der Waals surface area contributed by atoms with Gasteiger partial charge in [0.2, 0.25) is 11.8 Å². The van der Waals surface area contributed by atoms with E-state index < -0.39 is 0 Å². The van der Waals surface area contributed by atoms with Crippen LogP contribution in [0.1, 0.15) is 34.9 Å². The normalized spacial score (nSPS) is 16.0. The number of hydrogen-bond donors (Lipinski definition) is 1. The van der Waals surface area contributed by atoms with Crippen LogP contribution >= 0.6 is 0 Å². The molecule has 1 amide bonds. The van der Waals surface area contributed by atoms with E-state index in [-0.39, 0.29) is 11.9 Å². The Morgan fingerprint density at radius 3 is 2.55 bits per heavy atom. The number of aromatic nitrogens is 4. The molecular weight excluding hydrogens is 392 g/mol. The summed E-state index contributed by atoms with van der Waals surface area (Å²) in [6.45, 7) is 6.83. The van der Waals surface area contributed by atoms with Gasteiger partial charge in [-0.15, -0.1) is 10.2 Å². The smallest absolute Gasteiger partial charge is 0.275 e. The van der Waals surface area contributed by atoms with E-state index in [4.69, 9.17) is 4.42 Å². The van der Waals surface area contributed by atoms with Crippen LogP contribution in [0, 0.1) is 6.92 Å². The fourth-order valence-corrected chi connectivity index (χ4v) is 3.96. The molecule has 0 bridgehead atoms. The zero-order chi connectivity index (χ0) is 21.4. The quantitative estimate of drug-likeness (QED) is 0.548. The van der Waals surface area contributed by atoms with Crippen molar-refractivity contribution in [2.75, 3.05) is 26.2 Å². The number of nitrogens with one attached hydrogen (secondary N) is 1. The number of aryl methyl sites for hydroxylation is 1. The molecule has 5 rings (SSSR count). The molecule has 3 heterocycles. The van der Waals surface area contributed by atoms with Crippen LogP contribution in [0.25, 0.3) is 22.4 Å². The highest BCUT2D eigenvalue weighted by molar-refractivity contribution is 6.04. The average molecular weight is 416 g/mol. The first kappa shape index (κ1) is 19.4. The molecule has 1 fully saturated rings. The summed E-state index contributed by atoms with van der Waals surface area (Å²) in [4.78, 5) is 17.1. The molecule has 1 atom stereocenters. The van der Waals surface area contributed by atoms with Crippen LogP contribution in [0.4, 0.5) is 0 Å². The molecule has 4 aromatic rings. The SMILES string of the molecule is Cc1ccc(-c2nnc(C(C)N3CCN(C(=O)c4n[nH]c5ccccc45)CC3)o2)cc1. The predicted octanol–water partition coefficient (Wildman–Crippen LogP) is 3.44. The maximum absolute atomic E-state index is 13.0. The van der Waals surface area contributed by atoms with E-state index in [0.717, 1.165) is 29.6 Å². The number of benzene rings is 2. The van der Waals surface area contributed by atoms with Gasteiger partial charge in [0.25, 0.3) is 5.91 Å². The van der Waals surface area contributed by atoms with E-state index in [0.29, 0.717) is 30.6 Å². The maximum Gasteiger partial charge on any atom is 0.275 e. The summed E-state index contributed by atoms with van der Waals surface area (Å²) in [5.41, 5.74) is 3.46. The predicted molar refractivity (Wildman–Crippen MR) is 116 cm³/mol. The van der Waals surface area contributed by atoms with Crippen LogP contribution in [0.3, 0.4) is 0 Å². The highest BCUT2D eigenvalue weighted by atomic mass is 16.4. The summed E-state index contributed by atoms with van der Waals surface area (Å²) in [5, 5.41) is 16.5. The first-order chi connectivity index (χ1) is 15.1. The molecule has 1 unspecified atom stereocenters. The monoisotopic (exact) mass is 416 g/mol. The largest absolute Gasteiger partial charge is 0.419 e. The van der Waals surface area contributed by atoms with Crippen LogP contribution in [-0.2, 0) is 0 Å². The highest BCUT2D eigenvalue weighted by Crippen LogP contribution is 2.25. The molecule has 0 spiro atoms. The Kier molecular flexibility index (Phi) is 4.99. The van der Waals surface area contributed by atoms with Crippen molar-refractivity contribution in [1.82, 2.24) is 30.2 Å². The molecule has 8 heteroatoms. The van der Waals surface area contributed by atoms with Crippen molar-refractivity contribution in [3.05, 3.63) is 65.7 Å². The second-order valence-electron chi connectivity index (χ2n) is 7.93. The number of hydrogen-bond acceptors (Lipinski definition) is 6. The Morgan fingerprint density at radius 1 is 1.03 bits per heavy atom. The van der Waals surface area contributed by atoms with Crippen LogP contribution in [0.2, 0.25) is 0 Å². The van der Waals surface area contributed by atoms with E-state index in [1.165, 1.54) is 5.56 Å². The highest BCUT2D eigenvalue weighted by Gasteiger charge is 2.29. The fraction of sp³-hybridized carbons (Fsp3) is 0.304. The first-order valence-electron chi connectivity index (χ1n) is 10.5. The average Bonchev–Trinajstić information content (AvgIpc) is 3.46. The summed E-state index contributed by atoms with van der Waals surface area (Å²) in [6, 6.07) is 15.7. The Balaban J connectivity index is 1.24. The molecule has 2 aromatic heterocycles. The van der Waals surface area contributed by atoms with Crippen molar-refractivity contribution in [3.8, 4) is 11.5 Å². The number of aromatic amines is 1. The molecule has 31 heavy (non-hydrogen) atoms. The number of fused-ring (bicyclic) bond motifs is 1. The number of amides is 1. The molecule has 0 radical (unpaired) electrons. The van der Waals surface area contributed by atoms with E-state index in [9.17, 15) is 4.79 Å². The molecule has 8 nitrogen and oxygen atoms in total. The summed E-state index contributed by atoms with van der Waals surface area (Å²) in [6.07, 6.45) is 0. The molecule has 158 valence electrons. The lowest BCUT2D eigenvalue weighted by atomic mass is 10.1. The van der Waals surface area contributed by atoms with Gasteiger partial charge in [-0.1, -0.05) is 35.9 Å². The van der Waals surface area contributed by atoms with E-state index in [1.807, 2.05) is 60.4 Å². The van der Waals surface area contributed by atoms with Crippen molar-refractivity contribution >= 4 is 16.8 Å². The summed E-state index contributed by atoms with van der Waals surface area (Å²) < 4.78 is 5.95. The third-order valence-electron chi connectivity index (χ3n) is 5.92. The zero-order valence-corrected chi connectivity index (χ0v) is 17.6. The van der Waals surface area contributed by atoms with Gasteiger partial charge in [0.15, 0.2) is 5.69 Å². The van der Waals surface area contributed by atoms with Gasteiger partial charge in [-0.2, -0.15) is 5.10 Å². The van der Waals surface area contributed by atoms with Crippen molar-refractivity contribution in [1.29, 1.82) is 0 Å². The van der Waals surface area contributed by atoms with E-state index in [2.05, 4.69) is 32.2 Å². The van der Waals surface area contributed by atoms with Gasteiger partial charge in [0.05, 0.1) is 11.6 Å².